The van der Waals surface area contributed by atoms with Crippen molar-refractivity contribution in [1.82, 2.24) is 4.72 Å². The van der Waals surface area contributed by atoms with Gasteiger partial charge in [0.25, 0.3) is 0 Å². The molecule has 0 radical (unpaired) electrons. The number of halogens is 2. The predicted octanol–water partition coefficient (Wildman–Crippen LogP) is 1.73. The van der Waals surface area contributed by atoms with Crippen LogP contribution in [0.4, 0.5) is 0 Å². The lowest BCUT2D eigenvalue weighted by molar-refractivity contribution is 0.562. The minimum Gasteiger partial charge on any atom is -0.329 e. The van der Waals surface area contributed by atoms with Crippen LogP contribution in [0.5, 0.6) is 0 Å². The van der Waals surface area contributed by atoms with Crippen LogP contribution < -0.4 is 10.5 Å². The smallest absolute Gasteiger partial charge is 0.240 e. The molecule has 16 heavy (non-hydrogen) atoms. The number of rotatable bonds is 4. The van der Waals surface area contributed by atoms with Gasteiger partial charge in [0.05, 0.1) is 9.92 Å². The molecule has 1 rings (SSSR count). The van der Waals surface area contributed by atoms with Gasteiger partial charge in [0.2, 0.25) is 10.0 Å². The summed E-state index contributed by atoms with van der Waals surface area (Å²) < 4.78 is 26.7. The first-order chi connectivity index (χ1) is 7.36. The molecule has 0 heterocycles. The molecule has 7 heteroatoms. The molecule has 0 aliphatic heterocycles. The molecule has 0 fully saturated rings. The first-order valence-corrected chi connectivity index (χ1v) is 7.19. The van der Waals surface area contributed by atoms with Gasteiger partial charge in [-0.15, -0.1) is 0 Å². The first-order valence-electron chi connectivity index (χ1n) is 4.54. The van der Waals surface area contributed by atoms with E-state index in [0.717, 1.165) is 0 Å². The van der Waals surface area contributed by atoms with Crippen LogP contribution in [0, 0.1) is 0 Å². The van der Waals surface area contributed by atoms with Crippen molar-refractivity contribution in [2.75, 3.05) is 6.54 Å². The maximum Gasteiger partial charge on any atom is 0.240 e. The molecule has 90 valence electrons. The topological polar surface area (TPSA) is 72.2 Å². The lowest BCUT2D eigenvalue weighted by atomic mass is 10.4. The summed E-state index contributed by atoms with van der Waals surface area (Å²) in [5.41, 5.74) is 5.35. The Morgan fingerprint density at radius 1 is 1.56 bits per heavy atom. The quantitative estimate of drug-likeness (QED) is 0.884. The molecule has 4 nitrogen and oxygen atoms in total. The molecule has 0 aliphatic rings. The summed E-state index contributed by atoms with van der Waals surface area (Å²) in [5, 5.41) is 0.350. The molecule has 0 bridgehead atoms. The number of hydrogen-bond acceptors (Lipinski definition) is 3. The van der Waals surface area contributed by atoms with E-state index in [-0.39, 0.29) is 17.5 Å². The summed E-state index contributed by atoms with van der Waals surface area (Å²) in [5.74, 6) is 0. The number of sulfonamides is 1. The van der Waals surface area contributed by atoms with E-state index in [9.17, 15) is 8.42 Å². The third-order valence-electron chi connectivity index (χ3n) is 1.91. The third kappa shape index (κ3) is 3.43. The highest BCUT2D eigenvalue weighted by molar-refractivity contribution is 9.10. The largest absolute Gasteiger partial charge is 0.329 e. The zero-order valence-electron chi connectivity index (χ0n) is 8.57. The number of benzene rings is 1. The summed E-state index contributed by atoms with van der Waals surface area (Å²) in [4.78, 5) is 0.126. The maximum atomic E-state index is 11.8. The van der Waals surface area contributed by atoms with Crippen molar-refractivity contribution in [3.63, 3.8) is 0 Å². The van der Waals surface area contributed by atoms with Crippen LogP contribution in [-0.4, -0.2) is 21.0 Å². The van der Waals surface area contributed by atoms with Gasteiger partial charge in [-0.05, 0) is 41.1 Å². The Balaban J connectivity index is 3.03. The molecule has 0 unspecified atom stereocenters. The Bertz CT molecular complexity index is 478. The summed E-state index contributed by atoms with van der Waals surface area (Å²) in [6.07, 6.45) is 0. The molecule has 3 N–H and O–H groups in total. The van der Waals surface area contributed by atoms with Gasteiger partial charge in [0.1, 0.15) is 0 Å². The van der Waals surface area contributed by atoms with E-state index in [1.54, 1.807) is 13.0 Å². The fourth-order valence-electron chi connectivity index (χ4n) is 1.03. The van der Waals surface area contributed by atoms with Crippen LogP contribution in [0.1, 0.15) is 6.92 Å². The van der Waals surface area contributed by atoms with E-state index in [1.807, 2.05) is 0 Å². The molecule has 0 aromatic heterocycles. The van der Waals surface area contributed by atoms with Crippen molar-refractivity contribution < 1.29 is 8.42 Å². The average molecular weight is 328 g/mol. The lowest BCUT2D eigenvalue weighted by Gasteiger charge is -2.12. The van der Waals surface area contributed by atoms with Crippen molar-refractivity contribution in [2.45, 2.75) is 17.9 Å². The monoisotopic (exact) mass is 326 g/mol. The highest BCUT2D eigenvalue weighted by atomic mass is 79.9. The van der Waals surface area contributed by atoms with Gasteiger partial charge in [0.15, 0.2) is 0 Å². The molecule has 0 amide bonds. The van der Waals surface area contributed by atoms with Crippen LogP contribution in [0.15, 0.2) is 27.6 Å². The zero-order valence-corrected chi connectivity index (χ0v) is 11.7. The molecule has 1 atom stereocenters. The fraction of sp³-hybridized carbons (Fsp3) is 0.333. The van der Waals surface area contributed by atoms with E-state index in [4.69, 9.17) is 17.3 Å². The Labute approximate surface area is 108 Å². The molecule has 1 aromatic carbocycles. The zero-order chi connectivity index (χ0) is 12.3. The summed E-state index contributed by atoms with van der Waals surface area (Å²) in [6.45, 7) is 1.93. The van der Waals surface area contributed by atoms with E-state index in [1.165, 1.54) is 12.1 Å². The maximum absolute atomic E-state index is 11.8. The van der Waals surface area contributed by atoms with Crippen molar-refractivity contribution in [1.29, 1.82) is 0 Å². The van der Waals surface area contributed by atoms with Gasteiger partial charge in [-0.2, -0.15) is 0 Å². The van der Waals surface area contributed by atoms with E-state index in [2.05, 4.69) is 20.7 Å². The molecule has 1 aromatic rings. The minimum atomic E-state index is -3.55. The number of nitrogens with one attached hydrogen (secondary N) is 1. The van der Waals surface area contributed by atoms with Crippen LogP contribution >= 0.6 is 27.5 Å². The Kier molecular flexibility index (Phi) is 4.75. The lowest BCUT2D eigenvalue weighted by Crippen LogP contribution is -2.37. The van der Waals surface area contributed by atoms with Crippen LogP contribution in [-0.2, 0) is 10.0 Å². The molecular weight excluding hydrogens is 316 g/mol. The Morgan fingerprint density at radius 3 is 2.69 bits per heavy atom. The molecule has 0 aliphatic carbocycles. The van der Waals surface area contributed by atoms with Gasteiger partial charge in [0, 0.05) is 17.1 Å². The van der Waals surface area contributed by atoms with Crippen molar-refractivity contribution in [3.05, 3.63) is 27.7 Å². The summed E-state index contributed by atoms with van der Waals surface area (Å²) >= 11 is 9.02. The van der Waals surface area contributed by atoms with Gasteiger partial charge in [-0.25, -0.2) is 13.1 Å². The Morgan fingerprint density at radius 2 is 2.19 bits per heavy atom. The third-order valence-corrected chi connectivity index (χ3v) is 4.73. The van der Waals surface area contributed by atoms with Gasteiger partial charge in [-0.3, -0.25) is 0 Å². The van der Waals surface area contributed by atoms with E-state index in [0.29, 0.717) is 9.50 Å². The highest BCUT2D eigenvalue weighted by Crippen LogP contribution is 2.25. The second kappa shape index (κ2) is 5.46. The standard InChI is InChI=1S/C9H12BrClN2O2S/c1-6(5-12)13-16(14,15)7-2-3-8(10)9(11)4-7/h2-4,6,13H,5,12H2,1H3/t6-/m0/s1. The van der Waals surface area contributed by atoms with Gasteiger partial charge >= 0.3 is 0 Å². The highest BCUT2D eigenvalue weighted by Gasteiger charge is 2.17. The van der Waals surface area contributed by atoms with E-state index < -0.39 is 10.0 Å². The van der Waals surface area contributed by atoms with Crippen LogP contribution in [0.25, 0.3) is 0 Å². The summed E-state index contributed by atoms with van der Waals surface area (Å²) in [7, 11) is -3.55. The Hall–Kier alpha value is -0.140. The van der Waals surface area contributed by atoms with Crippen LogP contribution in [0.3, 0.4) is 0 Å². The second-order valence-corrected chi connectivity index (χ2v) is 6.31. The SMILES string of the molecule is C[C@@H](CN)NS(=O)(=O)c1ccc(Br)c(Cl)c1. The number of nitrogens with two attached hydrogens (primary N) is 1. The van der Waals surface area contributed by atoms with Crippen LogP contribution in [0.2, 0.25) is 5.02 Å². The second-order valence-electron chi connectivity index (χ2n) is 3.33. The fourth-order valence-corrected chi connectivity index (χ4v) is 2.80. The molecule has 0 spiro atoms. The van der Waals surface area contributed by atoms with Crippen molar-refractivity contribution in [2.24, 2.45) is 5.73 Å². The summed E-state index contributed by atoms with van der Waals surface area (Å²) in [6, 6.07) is 4.13. The van der Waals surface area contributed by atoms with Gasteiger partial charge < -0.3 is 5.73 Å². The minimum absolute atomic E-state index is 0.126. The average Bonchev–Trinajstić information content (AvgIpc) is 2.21. The first kappa shape index (κ1) is 13.9. The van der Waals surface area contributed by atoms with Gasteiger partial charge in [-0.1, -0.05) is 11.6 Å². The number of hydrogen-bond donors (Lipinski definition) is 2. The normalized spacial score (nSPS) is 13.8. The molecule has 0 saturated carbocycles. The van der Waals surface area contributed by atoms with E-state index >= 15 is 0 Å². The predicted molar refractivity (Wildman–Crippen MR) is 68.0 cm³/mol. The molecule has 0 saturated heterocycles. The van der Waals surface area contributed by atoms with Crippen molar-refractivity contribution in [3.8, 4) is 0 Å². The molecular formula is C9H12BrClN2O2S. The van der Waals surface area contributed by atoms with Crippen molar-refractivity contribution >= 4 is 37.6 Å².